The maximum Gasteiger partial charge on any atom is 0.305 e. The molecule has 0 rings (SSSR count). The second-order valence-electron chi connectivity index (χ2n) is 17.5. The molecule has 0 aromatic carbocycles. The molecule has 0 spiro atoms. The van der Waals surface area contributed by atoms with Gasteiger partial charge >= 0.3 is 5.97 Å². The van der Waals surface area contributed by atoms with Crippen molar-refractivity contribution in [3.05, 3.63) is 24.3 Å². The molecule has 6 nitrogen and oxygen atoms in total. The number of amides is 1. The summed E-state index contributed by atoms with van der Waals surface area (Å²) < 4.78 is 5.42. The van der Waals surface area contributed by atoms with E-state index in [1.807, 2.05) is 0 Å². The molecule has 0 aromatic rings. The van der Waals surface area contributed by atoms with E-state index in [1.54, 1.807) is 0 Å². The van der Waals surface area contributed by atoms with Gasteiger partial charge in [-0.2, -0.15) is 0 Å². The van der Waals surface area contributed by atoms with Crippen molar-refractivity contribution in [3.8, 4) is 0 Å². The van der Waals surface area contributed by atoms with Crippen molar-refractivity contribution in [3.63, 3.8) is 0 Å². The van der Waals surface area contributed by atoms with Gasteiger partial charge in [0.1, 0.15) is 0 Å². The summed E-state index contributed by atoms with van der Waals surface area (Å²) >= 11 is 0. The summed E-state index contributed by atoms with van der Waals surface area (Å²) in [6.07, 6.45) is 55.7. The minimum atomic E-state index is -0.677. The van der Waals surface area contributed by atoms with Crippen LogP contribution in [0.3, 0.4) is 0 Å². The maximum absolute atomic E-state index is 12.4. The first-order chi connectivity index (χ1) is 28.5. The third kappa shape index (κ3) is 43.9. The molecule has 2 unspecified atom stereocenters. The third-order valence-corrected chi connectivity index (χ3v) is 11.8. The van der Waals surface area contributed by atoms with Crippen LogP contribution in [0.4, 0.5) is 0 Å². The molecule has 0 radical (unpaired) electrons. The number of hydrogen-bond donors (Lipinski definition) is 3. The van der Waals surface area contributed by atoms with Crippen LogP contribution >= 0.6 is 0 Å². The molecule has 0 saturated carbocycles. The molecule has 0 saturated heterocycles. The number of carbonyl (C=O) groups is 2. The Morgan fingerprint density at radius 3 is 1.28 bits per heavy atom. The number of ether oxygens (including phenoxy) is 1. The average molecular weight is 818 g/mol. The number of allylic oxidation sites excluding steroid dienone is 4. The van der Waals surface area contributed by atoms with Crippen molar-refractivity contribution in [1.82, 2.24) is 5.32 Å². The highest BCUT2D eigenvalue weighted by molar-refractivity contribution is 5.76. The van der Waals surface area contributed by atoms with E-state index in [4.69, 9.17) is 4.74 Å². The molecule has 0 aliphatic heterocycles. The van der Waals surface area contributed by atoms with E-state index in [0.717, 1.165) is 77.0 Å². The number of rotatable bonds is 47. The Labute approximate surface area is 361 Å². The summed E-state index contributed by atoms with van der Waals surface area (Å²) in [6.45, 7) is 4.89. The number of unbranched alkanes of at least 4 members (excludes halogenated alkanes) is 33. The molecule has 1 amide bonds. The Balaban J connectivity index is 3.53. The van der Waals surface area contributed by atoms with E-state index < -0.39 is 12.1 Å². The van der Waals surface area contributed by atoms with Gasteiger partial charge in [0.05, 0.1) is 25.4 Å². The fourth-order valence-electron chi connectivity index (χ4n) is 7.81. The minimum Gasteiger partial charge on any atom is -0.466 e. The first-order valence-electron chi connectivity index (χ1n) is 25.6. The zero-order valence-corrected chi connectivity index (χ0v) is 38.8. The van der Waals surface area contributed by atoms with Crippen LogP contribution in [0.15, 0.2) is 24.3 Å². The van der Waals surface area contributed by atoms with Crippen molar-refractivity contribution in [2.45, 2.75) is 283 Å². The number of carbonyl (C=O) groups excluding carboxylic acids is 2. The largest absolute Gasteiger partial charge is 0.466 e. The summed E-state index contributed by atoms with van der Waals surface area (Å²) in [5.41, 5.74) is 0. The molecule has 0 aliphatic rings. The Bertz CT molecular complexity index is 904. The van der Waals surface area contributed by atoms with Crippen molar-refractivity contribution in [2.24, 2.45) is 0 Å². The predicted molar refractivity (Wildman–Crippen MR) is 250 cm³/mol. The smallest absolute Gasteiger partial charge is 0.305 e. The number of esters is 1. The summed E-state index contributed by atoms with van der Waals surface area (Å²) in [5, 5.41) is 23.2. The van der Waals surface area contributed by atoms with Gasteiger partial charge in [0.15, 0.2) is 0 Å². The Kier molecular flexibility index (Phi) is 46.6. The number of hydrogen-bond acceptors (Lipinski definition) is 5. The normalized spacial score (nSPS) is 12.8. The standard InChI is InChI=1S/C52H99NO5/c1-3-5-7-9-11-13-15-16-18-21-25-28-32-36-40-44-50(55)49(48-54)53-51(56)45-41-37-33-29-26-22-19-17-20-23-27-31-35-39-43-47-58-52(57)46-42-38-34-30-24-14-12-10-8-6-4-2/h17,20,23,27,49-50,54-55H,3-16,18-19,21-22,24-26,28-48H2,1-2H3,(H,53,56)/b20-17-,27-23-. The van der Waals surface area contributed by atoms with Gasteiger partial charge in [-0.25, -0.2) is 0 Å². The molecule has 0 aliphatic carbocycles. The van der Waals surface area contributed by atoms with E-state index in [-0.39, 0.29) is 18.5 Å². The first kappa shape index (κ1) is 56.3. The van der Waals surface area contributed by atoms with Gasteiger partial charge in [0, 0.05) is 12.8 Å². The summed E-state index contributed by atoms with van der Waals surface area (Å²) in [4.78, 5) is 24.4. The topological polar surface area (TPSA) is 95.9 Å². The highest BCUT2D eigenvalue weighted by atomic mass is 16.5. The second-order valence-corrected chi connectivity index (χ2v) is 17.5. The van der Waals surface area contributed by atoms with Gasteiger partial charge in [0.25, 0.3) is 0 Å². The minimum absolute atomic E-state index is 0.0221. The van der Waals surface area contributed by atoms with Gasteiger partial charge in [-0.15, -0.1) is 0 Å². The highest BCUT2D eigenvalue weighted by Crippen LogP contribution is 2.16. The molecule has 0 heterocycles. The van der Waals surface area contributed by atoms with Crippen LogP contribution < -0.4 is 5.32 Å². The fraction of sp³-hybridized carbons (Fsp3) is 0.885. The lowest BCUT2D eigenvalue weighted by Gasteiger charge is -2.22. The molecule has 6 heteroatoms. The van der Waals surface area contributed by atoms with Crippen LogP contribution in [0.2, 0.25) is 0 Å². The lowest BCUT2D eigenvalue weighted by atomic mass is 10.0. The van der Waals surface area contributed by atoms with Crippen molar-refractivity contribution in [1.29, 1.82) is 0 Å². The first-order valence-corrected chi connectivity index (χ1v) is 25.6. The summed E-state index contributed by atoms with van der Waals surface area (Å²) in [7, 11) is 0. The SMILES string of the molecule is CCCCCCCCCCCCCCCCCC(O)C(CO)NC(=O)CCCCCCCC/C=C\C=C/CCCCCOC(=O)CCCCCCCCCCCCC. The number of aliphatic hydroxyl groups is 2. The Morgan fingerprint density at radius 1 is 0.483 bits per heavy atom. The molecule has 0 aromatic heterocycles. The van der Waals surface area contributed by atoms with E-state index in [0.29, 0.717) is 25.9 Å². The van der Waals surface area contributed by atoms with Crippen molar-refractivity contribution in [2.75, 3.05) is 13.2 Å². The Hall–Kier alpha value is -1.66. The monoisotopic (exact) mass is 818 g/mol. The molecule has 58 heavy (non-hydrogen) atoms. The molecular formula is C52H99NO5. The fourth-order valence-corrected chi connectivity index (χ4v) is 7.81. The van der Waals surface area contributed by atoms with Gasteiger partial charge in [-0.3, -0.25) is 9.59 Å². The molecule has 2 atom stereocenters. The molecule has 0 fully saturated rings. The number of nitrogens with one attached hydrogen (secondary N) is 1. The molecule has 342 valence electrons. The van der Waals surface area contributed by atoms with E-state index in [2.05, 4.69) is 43.5 Å². The van der Waals surface area contributed by atoms with Crippen molar-refractivity contribution >= 4 is 11.9 Å². The zero-order chi connectivity index (χ0) is 42.3. The van der Waals surface area contributed by atoms with Gasteiger partial charge in [-0.1, -0.05) is 224 Å². The second kappa shape index (κ2) is 48.0. The van der Waals surface area contributed by atoms with Gasteiger partial charge in [-0.05, 0) is 57.8 Å². The van der Waals surface area contributed by atoms with Crippen LogP contribution in [0, 0.1) is 0 Å². The molecule has 3 N–H and O–H groups in total. The zero-order valence-electron chi connectivity index (χ0n) is 38.8. The van der Waals surface area contributed by atoms with E-state index in [1.165, 1.54) is 161 Å². The van der Waals surface area contributed by atoms with Crippen LogP contribution in [0.25, 0.3) is 0 Å². The summed E-state index contributed by atoms with van der Waals surface area (Å²) in [6, 6.07) is -0.557. The van der Waals surface area contributed by atoms with Crippen molar-refractivity contribution < 1.29 is 24.5 Å². The quantitative estimate of drug-likeness (QED) is 0.0323. The van der Waals surface area contributed by atoms with Crippen LogP contribution in [0.1, 0.15) is 271 Å². The van der Waals surface area contributed by atoms with Gasteiger partial charge < -0.3 is 20.3 Å². The average Bonchev–Trinajstić information content (AvgIpc) is 3.22. The lowest BCUT2D eigenvalue weighted by Crippen LogP contribution is -2.45. The third-order valence-electron chi connectivity index (χ3n) is 11.8. The van der Waals surface area contributed by atoms with E-state index >= 15 is 0 Å². The highest BCUT2D eigenvalue weighted by Gasteiger charge is 2.20. The van der Waals surface area contributed by atoms with Crippen LogP contribution in [0.5, 0.6) is 0 Å². The summed E-state index contributed by atoms with van der Waals surface area (Å²) in [5.74, 6) is -0.0791. The molecule has 0 bridgehead atoms. The van der Waals surface area contributed by atoms with Crippen LogP contribution in [-0.2, 0) is 14.3 Å². The Morgan fingerprint density at radius 2 is 0.845 bits per heavy atom. The lowest BCUT2D eigenvalue weighted by molar-refractivity contribution is -0.143. The van der Waals surface area contributed by atoms with Gasteiger partial charge in [0.2, 0.25) is 5.91 Å². The van der Waals surface area contributed by atoms with E-state index in [9.17, 15) is 19.8 Å². The number of aliphatic hydroxyl groups excluding tert-OH is 2. The molecular weight excluding hydrogens is 719 g/mol. The van der Waals surface area contributed by atoms with Crippen LogP contribution in [-0.4, -0.2) is 47.4 Å². The maximum atomic E-state index is 12.4. The predicted octanol–water partition coefficient (Wildman–Crippen LogP) is 15.1.